The van der Waals surface area contributed by atoms with Crippen molar-refractivity contribution in [2.24, 2.45) is 5.16 Å². The molecule has 0 aromatic heterocycles. The van der Waals surface area contributed by atoms with E-state index in [0.29, 0.717) is 19.0 Å². The number of nitrogens with zero attached hydrogens (tertiary/aromatic N) is 1. The van der Waals surface area contributed by atoms with Crippen molar-refractivity contribution in [2.45, 2.75) is 26.2 Å². The van der Waals surface area contributed by atoms with Gasteiger partial charge in [0.2, 0.25) is 0 Å². The normalized spacial score (nSPS) is 11.6. The van der Waals surface area contributed by atoms with Crippen LogP contribution in [0.4, 0.5) is 0 Å². The Morgan fingerprint density at radius 3 is 2.22 bits per heavy atom. The molecule has 0 aliphatic carbocycles. The van der Waals surface area contributed by atoms with E-state index in [4.69, 9.17) is 14.7 Å². The van der Waals surface area contributed by atoms with E-state index in [0.717, 1.165) is 11.3 Å². The van der Waals surface area contributed by atoms with Crippen molar-refractivity contribution < 1.29 is 14.7 Å². The van der Waals surface area contributed by atoms with E-state index in [1.54, 1.807) is 6.07 Å². The molecule has 122 valence electrons. The van der Waals surface area contributed by atoms with Crippen LogP contribution in [0.15, 0.2) is 53.7 Å². The van der Waals surface area contributed by atoms with Gasteiger partial charge < -0.3 is 14.7 Å². The highest BCUT2D eigenvalue weighted by atomic mass is 16.5. The standard InChI is InChI=1S/C19H23NO3/c1-19(2,3)16-7-9-17(10-8-16)22-11-12-23-18-6-4-5-15(13-18)14-20-21/h4-10,13-14,21H,11-12H2,1-3H3/b20-14+. The van der Waals surface area contributed by atoms with Crippen molar-refractivity contribution >= 4 is 6.21 Å². The maximum atomic E-state index is 8.53. The molecule has 0 aliphatic rings. The molecular formula is C19H23NO3. The number of hydrogen-bond acceptors (Lipinski definition) is 4. The average molecular weight is 313 g/mol. The molecule has 0 atom stereocenters. The van der Waals surface area contributed by atoms with Crippen LogP contribution in [0.3, 0.4) is 0 Å². The molecule has 2 aromatic carbocycles. The molecule has 23 heavy (non-hydrogen) atoms. The lowest BCUT2D eigenvalue weighted by Crippen LogP contribution is -2.11. The van der Waals surface area contributed by atoms with Crippen LogP contribution in [0.2, 0.25) is 0 Å². The van der Waals surface area contributed by atoms with Crippen LogP contribution < -0.4 is 9.47 Å². The Labute approximate surface area is 137 Å². The molecule has 0 unspecified atom stereocenters. The SMILES string of the molecule is CC(C)(C)c1ccc(OCCOc2cccc(/C=N/O)c2)cc1. The summed E-state index contributed by atoms with van der Waals surface area (Å²) in [6, 6.07) is 15.5. The minimum Gasteiger partial charge on any atom is -0.490 e. The van der Waals surface area contributed by atoms with Gasteiger partial charge >= 0.3 is 0 Å². The van der Waals surface area contributed by atoms with E-state index >= 15 is 0 Å². The minimum atomic E-state index is 0.143. The first-order valence-corrected chi connectivity index (χ1v) is 7.63. The van der Waals surface area contributed by atoms with Gasteiger partial charge in [-0.3, -0.25) is 0 Å². The summed E-state index contributed by atoms with van der Waals surface area (Å²) in [6.07, 6.45) is 1.36. The first-order chi connectivity index (χ1) is 11.0. The van der Waals surface area contributed by atoms with Gasteiger partial charge in [-0.15, -0.1) is 0 Å². The zero-order chi connectivity index (χ0) is 16.7. The van der Waals surface area contributed by atoms with Crippen molar-refractivity contribution in [1.29, 1.82) is 0 Å². The number of rotatable bonds is 6. The summed E-state index contributed by atoms with van der Waals surface area (Å²) in [5.41, 5.74) is 2.21. The van der Waals surface area contributed by atoms with Gasteiger partial charge in [-0.05, 0) is 40.8 Å². The second-order valence-electron chi connectivity index (χ2n) is 6.29. The maximum Gasteiger partial charge on any atom is 0.122 e. The van der Waals surface area contributed by atoms with Crippen LogP contribution in [0.25, 0.3) is 0 Å². The van der Waals surface area contributed by atoms with Gasteiger partial charge in [0, 0.05) is 0 Å². The van der Waals surface area contributed by atoms with Gasteiger partial charge in [0.1, 0.15) is 24.7 Å². The molecule has 0 heterocycles. The Morgan fingerprint density at radius 2 is 1.61 bits per heavy atom. The molecule has 0 saturated carbocycles. The van der Waals surface area contributed by atoms with Gasteiger partial charge in [0.15, 0.2) is 0 Å². The lowest BCUT2D eigenvalue weighted by Gasteiger charge is -2.19. The van der Waals surface area contributed by atoms with Crippen molar-refractivity contribution in [3.05, 3.63) is 59.7 Å². The summed E-state index contributed by atoms with van der Waals surface area (Å²) in [4.78, 5) is 0. The van der Waals surface area contributed by atoms with E-state index in [1.165, 1.54) is 11.8 Å². The van der Waals surface area contributed by atoms with Crippen molar-refractivity contribution in [3.63, 3.8) is 0 Å². The monoisotopic (exact) mass is 313 g/mol. The minimum absolute atomic E-state index is 0.143. The molecule has 0 radical (unpaired) electrons. The Bertz CT molecular complexity index is 642. The van der Waals surface area contributed by atoms with Crippen LogP contribution >= 0.6 is 0 Å². The van der Waals surface area contributed by atoms with E-state index in [-0.39, 0.29) is 5.41 Å². The molecule has 0 fully saturated rings. The third-order valence-corrected chi connectivity index (χ3v) is 3.41. The topological polar surface area (TPSA) is 51.0 Å². The molecule has 0 aliphatic heterocycles. The Morgan fingerprint density at radius 1 is 0.957 bits per heavy atom. The maximum absolute atomic E-state index is 8.53. The van der Waals surface area contributed by atoms with E-state index in [9.17, 15) is 0 Å². The fourth-order valence-corrected chi connectivity index (χ4v) is 2.12. The lowest BCUT2D eigenvalue weighted by atomic mass is 9.87. The predicted octanol–water partition coefficient (Wildman–Crippen LogP) is 4.25. The van der Waals surface area contributed by atoms with Crippen LogP contribution in [-0.2, 0) is 5.41 Å². The molecule has 0 bridgehead atoms. The summed E-state index contributed by atoms with van der Waals surface area (Å²) in [6.45, 7) is 7.47. The summed E-state index contributed by atoms with van der Waals surface area (Å²) >= 11 is 0. The molecule has 2 aromatic rings. The van der Waals surface area contributed by atoms with Crippen molar-refractivity contribution in [2.75, 3.05) is 13.2 Å². The molecule has 0 amide bonds. The van der Waals surface area contributed by atoms with Crippen LogP contribution in [0.5, 0.6) is 11.5 Å². The van der Waals surface area contributed by atoms with E-state index in [1.807, 2.05) is 30.3 Å². The average Bonchev–Trinajstić information content (AvgIpc) is 2.52. The van der Waals surface area contributed by atoms with Gasteiger partial charge in [-0.25, -0.2) is 0 Å². The summed E-state index contributed by atoms with van der Waals surface area (Å²) in [5.74, 6) is 1.55. The number of oxime groups is 1. The number of ether oxygens (including phenoxy) is 2. The number of benzene rings is 2. The highest BCUT2D eigenvalue weighted by Crippen LogP contribution is 2.24. The fraction of sp³-hybridized carbons (Fsp3) is 0.316. The zero-order valence-electron chi connectivity index (χ0n) is 13.8. The number of hydrogen-bond donors (Lipinski definition) is 1. The van der Waals surface area contributed by atoms with Gasteiger partial charge in [-0.2, -0.15) is 0 Å². The summed E-state index contributed by atoms with van der Waals surface area (Å²) in [5, 5.41) is 11.5. The first-order valence-electron chi connectivity index (χ1n) is 7.63. The fourth-order valence-electron chi connectivity index (χ4n) is 2.12. The van der Waals surface area contributed by atoms with Gasteiger partial charge in [0.25, 0.3) is 0 Å². The first kappa shape index (κ1) is 16.9. The largest absolute Gasteiger partial charge is 0.490 e. The molecule has 4 heteroatoms. The Kier molecular flexibility index (Phi) is 5.63. The second-order valence-corrected chi connectivity index (χ2v) is 6.29. The van der Waals surface area contributed by atoms with Crippen molar-refractivity contribution in [3.8, 4) is 11.5 Å². The second kappa shape index (κ2) is 7.68. The molecular weight excluding hydrogens is 290 g/mol. The quantitative estimate of drug-likeness (QED) is 0.375. The lowest BCUT2D eigenvalue weighted by molar-refractivity contribution is 0.217. The highest BCUT2D eigenvalue weighted by Gasteiger charge is 2.12. The smallest absolute Gasteiger partial charge is 0.122 e. The molecule has 1 N–H and O–H groups in total. The molecule has 0 spiro atoms. The van der Waals surface area contributed by atoms with Gasteiger partial charge in [-0.1, -0.05) is 50.2 Å². The molecule has 2 rings (SSSR count). The van der Waals surface area contributed by atoms with Crippen LogP contribution in [0.1, 0.15) is 31.9 Å². The third-order valence-electron chi connectivity index (χ3n) is 3.41. The van der Waals surface area contributed by atoms with E-state index < -0.39 is 0 Å². The Hall–Kier alpha value is -2.49. The van der Waals surface area contributed by atoms with Crippen LogP contribution in [0, 0.1) is 0 Å². The van der Waals surface area contributed by atoms with Crippen LogP contribution in [-0.4, -0.2) is 24.6 Å². The third kappa shape index (κ3) is 5.33. The predicted molar refractivity (Wildman–Crippen MR) is 92.0 cm³/mol. The summed E-state index contributed by atoms with van der Waals surface area (Å²) < 4.78 is 11.3. The summed E-state index contributed by atoms with van der Waals surface area (Å²) in [7, 11) is 0. The molecule has 4 nitrogen and oxygen atoms in total. The van der Waals surface area contributed by atoms with Crippen molar-refractivity contribution in [1.82, 2.24) is 0 Å². The van der Waals surface area contributed by atoms with E-state index in [2.05, 4.69) is 38.1 Å². The zero-order valence-corrected chi connectivity index (χ0v) is 13.8. The van der Waals surface area contributed by atoms with Gasteiger partial charge in [0.05, 0.1) is 6.21 Å². The molecule has 0 saturated heterocycles. The highest BCUT2D eigenvalue weighted by molar-refractivity contribution is 5.79. The Balaban J connectivity index is 1.80.